The van der Waals surface area contributed by atoms with Crippen LogP contribution in [0, 0.1) is 0 Å². The maximum atomic E-state index is 12.6. The molecule has 0 aromatic heterocycles. The molecule has 0 aliphatic heterocycles. The summed E-state index contributed by atoms with van der Waals surface area (Å²) in [6.07, 6.45) is 48.3. The van der Waals surface area contributed by atoms with Crippen LogP contribution in [-0.2, 0) is 37.5 Å². The van der Waals surface area contributed by atoms with Crippen molar-refractivity contribution in [1.29, 1.82) is 0 Å². The zero-order valence-electron chi connectivity index (χ0n) is 35.4. The topological polar surface area (TPSA) is 192 Å². The fourth-order valence-electron chi connectivity index (χ4n) is 4.72. The molecule has 0 heterocycles. The number of aliphatic carboxylic acids is 1. The monoisotopic (exact) mass is 845 g/mol. The molecule has 0 spiro atoms. The summed E-state index contributed by atoms with van der Waals surface area (Å²) in [6, 6.07) is -1.55. The van der Waals surface area contributed by atoms with Gasteiger partial charge in [-0.25, -0.2) is 4.57 Å². The van der Waals surface area contributed by atoms with Crippen molar-refractivity contribution in [2.75, 3.05) is 19.8 Å². The van der Waals surface area contributed by atoms with Crippen LogP contribution < -0.4 is 5.73 Å². The highest BCUT2D eigenvalue weighted by atomic mass is 31.2. The van der Waals surface area contributed by atoms with Crippen molar-refractivity contribution in [2.45, 2.75) is 141 Å². The molecule has 0 saturated heterocycles. The number of unbranched alkanes of at least 4 members (excludes halogenated alkanes) is 2. The number of phosphoric acid groups is 1. The number of hydrogen-bond donors (Lipinski definition) is 4. The highest BCUT2D eigenvalue weighted by Gasteiger charge is 2.28. The second-order valence-corrected chi connectivity index (χ2v) is 15.0. The molecule has 0 aromatic rings. The van der Waals surface area contributed by atoms with Gasteiger partial charge in [-0.3, -0.25) is 23.4 Å². The SMILES string of the molecule is CC/C=C\C/C=C\C/C=C\C/C=C\C/C=C\CCCC(=O)OC[C@H](COP(=O)(O)OC[C@H](N)C(=O)O)OC(=O)CCC/C=C\C/C=C\C/C=C\C/C=C\CC[C@H](O)CC. The van der Waals surface area contributed by atoms with E-state index in [-0.39, 0.29) is 18.9 Å². The molecule has 13 heteroatoms. The molecule has 0 aliphatic rings. The molecule has 5 N–H and O–H groups in total. The van der Waals surface area contributed by atoms with E-state index in [4.69, 9.17) is 24.8 Å². The smallest absolute Gasteiger partial charge is 0.472 e. The minimum absolute atomic E-state index is 0.0526. The maximum Gasteiger partial charge on any atom is 0.472 e. The average Bonchev–Trinajstić information content (AvgIpc) is 3.21. The van der Waals surface area contributed by atoms with Crippen LogP contribution in [0.15, 0.2) is 109 Å². The Hall–Kier alpha value is -3.90. The van der Waals surface area contributed by atoms with Crippen molar-refractivity contribution < 1.29 is 52.6 Å². The van der Waals surface area contributed by atoms with Gasteiger partial charge in [0.2, 0.25) is 0 Å². The van der Waals surface area contributed by atoms with E-state index in [1.165, 1.54) is 0 Å². The number of esters is 2. The minimum atomic E-state index is -4.76. The Morgan fingerprint density at radius 1 is 0.593 bits per heavy atom. The summed E-state index contributed by atoms with van der Waals surface area (Å²) < 4.78 is 32.5. The molecule has 4 atom stereocenters. The second-order valence-electron chi connectivity index (χ2n) is 13.5. The van der Waals surface area contributed by atoms with Gasteiger partial charge in [-0.05, 0) is 96.3 Å². The highest BCUT2D eigenvalue weighted by Crippen LogP contribution is 2.43. The van der Waals surface area contributed by atoms with Crippen molar-refractivity contribution in [3.8, 4) is 0 Å². The summed E-state index contributed by atoms with van der Waals surface area (Å²) in [6.45, 7) is 2.26. The van der Waals surface area contributed by atoms with E-state index in [1.807, 2.05) is 31.2 Å². The van der Waals surface area contributed by atoms with Crippen LogP contribution >= 0.6 is 7.82 Å². The largest absolute Gasteiger partial charge is 0.480 e. The fraction of sp³-hybridized carbons (Fsp3) is 0.543. The molecule has 0 saturated carbocycles. The van der Waals surface area contributed by atoms with E-state index in [0.29, 0.717) is 25.7 Å². The molecule has 0 amide bonds. The summed E-state index contributed by atoms with van der Waals surface area (Å²) in [5, 5.41) is 18.4. The van der Waals surface area contributed by atoms with Crippen LogP contribution in [0.25, 0.3) is 0 Å². The number of ether oxygens (including phenoxy) is 2. The van der Waals surface area contributed by atoms with Gasteiger partial charge in [0.25, 0.3) is 0 Å². The molecule has 0 rings (SSSR count). The van der Waals surface area contributed by atoms with Gasteiger partial charge in [0, 0.05) is 12.8 Å². The Kier molecular flexibility index (Phi) is 36.9. The third-order valence-corrected chi connectivity index (χ3v) is 9.12. The lowest BCUT2D eigenvalue weighted by Crippen LogP contribution is -2.34. The Balaban J connectivity index is 4.61. The average molecular weight is 846 g/mol. The normalized spacial score (nSPS) is 15.3. The van der Waals surface area contributed by atoms with Crippen LogP contribution in [-0.4, -0.2) is 71.1 Å². The number of rotatable bonds is 37. The van der Waals surface area contributed by atoms with Gasteiger partial charge >= 0.3 is 25.7 Å². The van der Waals surface area contributed by atoms with Crippen LogP contribution in [0.5, 0.6) is 0 Å². The molecule has 332 valence electrons. The number of carbonyl (C=O) groups excluding carboxylic acids is 2. The molecule has 0 bridgehead atoms. The first kappa shape index (κ1) is 55.1. The maximum absolute atomic E-state index is 12.6. The summed E-state index contributed by atoms with van der Waals surface area (Å²) in [7, 11) is -4.76. The molecule has 12 nitrogen and oxygen atoms in total. The molecular formula is C46H72NO11P. The van der Waals surface area contributed by atoms with E-state index in [2.05, 4.69) is 96.5 Å². The van der Waals surface area contributed by atoms with E-state index >= 15 is 0 Å². The number of aliphatic hydroxyl groups excluding tert-OH is 1. The van der Waals surface area contributed by atoms with Crippen molar-refractivity contribution >= 4 is 25.7 Å². The van der Waals surface area contributed by atoms with Crippen LogP contribution in [0.2, 0.25) is 0 Å². The zero-order valence-corrected chi connectivity index (χ0v) is 36.3. The van der Waals surface area contributed by atoms with Crippen LogP contribution in [0.4, 0.5) is 0 Å². The molecule has 0 aliphatic carbocycles. The van der Waals surface area contributed by atoms with E-state index in [0.717, 1.165) is 70.6 Å². The number of phosphoric ester groups is 1. The second kappa shape index (κ2) is 39.6. The first-order valence-corrected chi connectivity index (χ1v) is 22.5. The highest BCUT2D eigenvalue weighted by molar-refractivity contribution is 7.47. The lowest BCUT2D eigenvalue weighted by molar-refractivity contribution is -0.161. The lowest BCUT2D eigenvalue weighted by atomic mass is 10.1. The number of nitrogens with two attached hydrogens (primary N) is 1. The van der Waals surface area contributed by atoms with Gasteiger partial charge in [-0.1, -0.05) is 123 Å². The van der Waals surface area contributed by atoms with Gasteiger partial charge in [0.1, 0.15) is 12.6 Å². The Morgan fingerprint density at radius 2 is 1.00 bits per heavy atom. The molecule has 0 aromatic carbocycles. The first-order chi connectivity index (χ1) is 28.5. The lowest BCUT2D eigenvalue weighted by Gasteiger charge is -2.20. The predicted octanol–water partition coefficient (Wildman–Crippen LogP) is 10.0. The van der Waals surface area contributed by atoms with Gasteiger partial charge < -0.3 is 30.3 Å². The predicted molar refractivity (Wildman–Crippen MR) is 236 cm³/mol. The minimum Gasteiger partial charge on any atom is -0.480 e. The third-order valence-electron chi connectivity index (χ3n) is 8.17. The number of hydrogen-bond acceptors (Lipinski definition) is 10. The van der Waals surface area contributed by atoms with Crippen molar-refractivity contribution in [1.82, 2.24) is 0 Å². The summed E-state index contributed by atoms with van der Waals surface area (Å²) in [5.41, 5.74) is 5.32. The number of carboxylic acid groups (broad SMARTS) is 1. The van der Waals surface area contributed by atoms with Crippen molar-refractivity contribution in [2.24, 2.45) is 5.73 Å². The standard InChI is InChI=1S/C46H72NO11P/c1-3-5-6-7-8-9-10-11-12-13-14-18-21-24-27-30-33-36-44(49)55-38-42(39-56-59(53,54)57-40-43(47)46(51)52)58-45(50)37-34-31-28-25-22-19-16-15-17-20-23-26-29-32-35-41(48)4-2/h5-6,8-9,11-12,14,16-20,24-29,41-43,48H,3-4,7,10,13,15,21-23,30-40,47H2,1-2H3,(H,51,52)(H,53,54)/b6-5-,9-8-,12-11-,18-14-,19-16-,20-17-,27-24-,28-25-,29-26-/t41-,42-,43+/m1/s1. The van der Waals surface area contributed by atoms with E-state index < -0.39 is 57.7 Å². The van der Waals surface area contributed by atoms with Crippen LogP contribution in [0.1, 0.15) is 123 Å². The van der Waals surface area contributed by atoms with E-state index in [9.17, 15) is 28.9 Å². The fourth-order valence-corrected chi connectivity index (χ4v) is 5.50. The van der Waals surface area contributed by atoms with Gasteiger partial charge in [-0.2, -0.15) is 0 Å². The summed E-state index contributed by atoms with van der Waals surface area (Å²) in [4.78, 5) is 45.9. The first-order valence-electron chi connectivity index (χ1n) is 21.0. The van der Waals surface area contributed by atoms with Crippen molar-refractivity contribution in [3.05, 3.63) is 109 Å². The Morgan fingerprint density at radius 3 is 1.44 bits per heavy atom. The van der Waals surface area contributed by atoms with E-state index in [1.54, 1.807) is 0 Å². The molecule has 0 fully saturated rings. The Bertz CT molecular complexity index is 1430. The van der Waals surface area contributed by atoms with Gasteiger partial charge in [0.05, 0.1) is 19.3 Å². The van der Waals surface area contributed by atoms with Crippen LogP contribution in [0.3, 0.4) is 0 Å². The Labute approximate surface area is 353 Å². The quantitative estimate of drug-likeness (QED) is 0.0201. The van der Waals surface area contributed by atoms with Crippen molar-refractivity contribution in [3.63, 3.8) is 0 Å². The van der Waals surface area contributed by atoms with Gasteiger partial charge in [-0.15, -0.1) is 0 Å². The zero-order chi connectivity index (χ0) is 43.7. The third kappa shape index (κ3) is 39.3. The summed E-state index contributed by atoms with van der Waals surface area (Å²) >= 11 is 0. The van der Waals surface area contributed by atoms with Gasteiger partial charge in [0.15, 0.2) is 6.10 Å². The number of carboxylic acids is 1. The summed E-state index contributed by atoms with van der Waals surface area (Å²) in [5.74, 6) is -2.57. The number of allylic oxidation sites excluding steroid dienone is 18. The molecule has 59 heavy (non-hydrogen) atoms. The number of carbonyl (C=O) groups is 3. The number of aliphatic hydroxyl groups is 1. The molecule has 1 unspecified atom stereocenters. The molecule has 0 radical (unpaired) electrons. The molecular weight excluding hydrogens is 773 g/mol.